The minimum absolute atomic E-state index is 0.0338. The molecular weight excluding hydrogens is 346 g/mol. The maximum atomic E-state index is 12.5. The summed E-state index contributed by atoms with van der Waals surface area (Å²) < 4.78 is 30.3. The smallest absolute Gasteiger partial charge is 0.303 e. The summed E-state index contributed by atoms with van der Waals surface area (Å²) in [6, 6.07) is 6.72. The van der Waals surface area contributed by atoms with Gasteiger partial charge in [-0.1, -0.05) is 12.1 Å². The molecule has 0 bridgehead atoms. The van der Waals surface area contributed by atoms with Crippen LogP contribution < -0.4 is 5.32 Å². The standard InChI is InChI=1S/C17H23NO6S/c1-12(25(22,23)15-8-10-24-11-9-15)17(21)18-14-5-2-13(3-6-14)4-7-16(19)20/h2-3,5-6,12,15H,4,7-11H2,1H3,(H,18,21)(H,19,20). The number of nitrogens with one attached hydrogen (secondary N) is 1. The third-order valence-electron chi connectivity index (χ3n) is 4.34. The van der Waals surface area contributed by atoms with Crippen molar-refractivity contribution in [1.82, 2.24) is 0 Å². The van der Waals surface area contributed by atoms with Gasteiger partial charge >= 0.3 is 5.97 Å². The molecule has 1 unspecified atom stereocenters. The van der Waals surface area contributed by atoms with Crippen molar-refractivity contribution in [3.05, 3.63) is 29.8 Å². The van der Waals surface area contributed by atoms with E-state index in [0.717, 1.165) is 5.56 Å². The lowest BCUT2D eigenvalue weighted by Gasteiger charge is -2.25. The van der Waals surface area contributed by atoms with Crippen molar-refractivity contribution in [2.45, 2.75) is 43.1 Å². The summed E-state index contributed by atoms with van der Waals surface area (Å²) >= 11 is 0. The largest absolute Gasteiger partial charge is 0.481 e. The third kappa shape index (κ3) is 5.27. The molecule has 1 heterocycles. The summed E-state index contributed by atoms with van der Waals surface area (Å²) in [6.07, 6.45) is 1.26. The number of hydrogen-bond acceptors (Lipinski definition) is 5. The van der Waals surface area contributed by atoms with Crippen LogP contribution in [0.4, 0.5) is 5.69 Å². The zero-order chi connectivity index (χ0) is 18.4. The van der Waals surface area contributed by atoms with Gasteiger partial charge in [0.1, 0.15) is 5.25 Å². The fourth-order valence-electron chi connectivity index (χ4n) is 2.69. The van der Waals surface area contributed by atoms with E-state index in [1.807, 2.05) is 0 Å². The Morgan fingerprint density at radius 1 is 1.24 bits per heavy atom. The summed E-state index contributed by atoms with van der Waals surface area (Å²) in [5, 5.41) is 9.61. The first kappa shape index (κ1) is 19.4. The average molecular weight is 369 g/mol. The van der Waals surface area contributed by atoms with Gasteiger partial charge in [-0.2, -0.15) is 0 Å². The highest BCUT2D eigenvalue weighted by molar-refractivity contribution is 7.93. The predicted molar refractivity (Wildman–Crippen MR) is 93.3 cm³/mol. The summed E-state index contributed by atoms with van der Waals surface area (Å²) in [4.78, 5) is 22.9. The van der Waals surface area contributed by atoms with Gasteiger partial charge in [0, 0.05) is 25.3 Å². The molecule has 0 aliphatic carbocycles. The molecule has 0 saturated carbocycles. The number of aryl methyl sites for hydroxylation is 1. The SMILES string of the molecule is CC(C(=O)Nc1ccc(CCC(=O)O)cc1)S(=O)(=O)C1CCOCC1. The van der Waals surface area contributed by atoms with E-state index in [4.69, 9.17) is 9.84 Å². The number of ether oxygens (including phenoxy) is 1. The Balaban J connectivity index is 1.97. The van der Waals surface area contributed by atoms with Gasteiger partial charge in [-0.15, -0.1) is 0 Å². The van der Waals surface area contributed by atoms with Crippen molar-refractivity contribution in [2.24, 2.45) is 0 Å². The van der Waals surface area contributed by atoms with Crippen LogP contribution in [0.1, 0.15) is 31.7 Å². The second-order valence-corrected chi connectivity index (χ2v) is 8.67. The number of carbonyl (C=O) groups excluding carboxylic acids is 1. The lowest BCUT2D eigenvalue weighted by Crippen LogP contribution is -2.41. The highest BCUT2D eigenvalue weighted by Gasteiger charge is 2.36. The fraction of sp³-hybridized carbons (Fsp3) is 0.529. The number of carbonyl (C=O) groups is 2. The molecule has 0 spiro atoms. The first-order chi connectivity index (χ1) is 11.8. The van der Waals surface area contributed by atoms with E-state index in [-0.39, 0.29) is 6.42 Å². The van der Waals surface area contributed by atoms with Gasteiger partial charge in [0.25, 0.3) is 0 Å². The van der Waals surface area contributed by atoms with Gasteiger partial charge in [0.15, 0.2) is 9.84 Å². The molecule has 1 fully saturated rings. The number of anilines is 1. The number of carboxylic acids is 1. The van der Waals surface area contributed by atoms with Gasteiger partial charge in [-0.05, 0) is 43.9 Å². The quantitative estimate of drug-likeness (QED) is 0.756. The van der Waals surface area contributed by atoms with Crippen molar-refractivity contribution in [2.75, 3.05) is 18.5 Å². The molecule has 1 atom stereocenters. The van der Waals surface area contributed by atoms with Crippen LogP contribution in [0.2, 0.25) is 0 Å². The number of benzene rings is 1. The van der Waals surface area contributed by atoms with Crippen LogP contribution in [0, 0.1) is 0 Å². The Morgan fingerprint density at radius 2 is 1.84 bits per heavy atom. The van der Waals surface area contributed by atoms with Crippen molar-refractivity contribution >= 4 is 27.4 Å². The molecule has 2 rings (SSSR count). The van der Waals surface area contributed by atoms with Gasteiger partial charge in [0.05, 0.1) is 5.25 Å². The Morgan fingerprint density at radius 3 is 2.40 bits per heavy atom. The van der Waals surface area contributed by atoms with Crippen molar-refractivity contribution in [1.29, 1.82) is 0 Å². The Labute approximate surface area is 147 Å². The summed E-state index contributed by atoms with van der Waals surface area (Å²) in [5.74, 6) is -1.44. The van der Waals surface area contributed by atoms with E-state index in [1.165, 1.54) is 6.92 Å². The zero-order valence-electron chi connectivity index (χ0n) is 14.1. The second-order valence-electron chi connectivity index (χ2n) is 6.12. The molecule has 8 heteroatoms. The average Bonchev–Trinajstić information content (AvgIpc) is 2.61. The molecule has 1 aliphatic rings. The van der Waals surface area contributed by atoms with E-state index >= 15 is 0 Å². The highest BCUT2D eigenvalue weighted by Crippen LogP contribution is 2.21. The van der Waals surface area contributed by atoms with Crippen LogP contribution in [-0.2, 0) is 30.6 Å². The first-order valence-corrected chi connectivity index (χ1v) is 9.83. The molecule has 0 aromatic heterocycles. The predicted octanol–water partition coefficient (Wildman–Crippen LogP) is 1.62. The van der Waals surface area contributed by atoms with Gasteiger partial charge in [0.2, 0.25) is 5.91 Å². The van der Waals surface area contributed by atoms with Crippen LogP contribution in [0.25, 0.3) is 0 Å². The lowest BCUT2D eigenvalue weighted by molar-refractivity contribution is -0.137. The lowest BCUT2D eigenvalue weighted by atomic mass is 10.1. The number of carboxylic acid groups (broad SMARTS) is 1. The highest BCUT2D eigenvalue weighted by atomic mass is 32.2. The molecule has 0 radical (unpaired) electrons. The van der Waals surface area contributed by atoms with Gasteiger partial charge in [-0.25, -0.2) is 8.42 Å². The summed E-state index contributed by atoms with van der Waals surface area (Å²) in [6.45, 7) is 2.20. The molecule has 1 saturated heterocycles. The minimum Gasteiger partial charge on any atom is -0.481 e. The molecule has 1 aliphatic heterocycles. The van der Waals surface area contributed by atoms with Crippen molar-refractivity contribution in [3.8, 4) is 0 Å². The number of aliphatic carboxylic acids is 1. The second kappa shape index (κ2) is 8.44. The van der Waals surface area contributed by atoms with Gasteiger partial charge < -0.3 is 15.2 Å². The maximum absolute atomic E-state index is 12.5. The van der Waals surface area contributed by atoms with Crippen LogP contribution in [0.5, 0.6) is 0 Å². The number of amides is 1. The van der Waals surface area contributed by atoms with E-state index < -0.39 is 32.2 Å². The summed E-state index contributed by atoms with van der Waals surface area (Å²) in [7, 11) is -3.56. The maximum Gasteiger partial charge on any atom is 0.303 e. The van der Waals surface area contributed by atoms with Crippen LogP contribution in [0.15, 0.2) is 24.3 Å². The molecule has 1 aromatic rings. The zero-order valence-corrected chi connectivity index (χ0v) is 14.9. The molecule has 1 aromatic carbocycles. The van der Waals surface area contributed by atoms with Crippen molar-refractivity contribution < 1.29 is 27.9 Å². The van der Waals surface area contributed by atoms with Gasteiger partial charge in [-0.3, -0.25) is 9.59 Å². The molecule has 25 heavy (non-hydrogen) atoms. The molecule has 1 amide bonds. The molecule has 7 nitrogen and oxygen atoms in total. The minimum atomic E-state index is -3.56. The number of hydrogen-bond donors (Lipinski definition) is 2. The third-order valence-corrected chi connectivity index (χ3v) is 6.94. The Kier molecular flexibility index (Phi) is 6.55. The van der Waals surface area contributed by atoms with Crippen molar-refractivity contribution in [3.63, 3.8) is 0 Å². The normalized spacial score (nSPS) is 17.0. The topological polar surface area (TPSA) is 110 Å². The Bertz CT molecular complexity index is 707. The number of rotatable bonds is 7. The fourth-order valence-corrected chi connectivity index (χ4v) is 4.48. The van der Waals surface area contributed by atoms with E-state index in [2.05, 4.69) is 5.32 Å². The first-order valence-electron chi connectivity index (χ1n) is 8.22. The van der Waals surface area contributed by atoms with Crippen LogP contribution in [0.3, 0.4) is 0 Å². The summed E-state index contributed by atoms with van der Waals surface area (Å²) in [5.41, 5.74) is 1.32. The molecule has 138 valence electrons. The monoisotopic (exact) mass is 369 g/mol. The Hall–Kier alpha value is -1.93. The van der Waals surface area contributed by atoms with E-state index in [1.54, 1.807) is 24.3 Å². The number of sulfone groups is 1. The molecule has 2 N–H and O–H groups in total. The van der Waals surface area contributed by atoms with Crippen LogP contribution in [-0.4, -0.2) is 49.1 Å². The van der Waals surface area contributed by atoms with Crippen LogP contribution >= 0.6 is 0 Å². The van der Waals surface area contributed by atoms with E-state index in [9.17, 15) is 18.0 Å². The molecular formula is C17H23NO6S. The van der Waals surface area contributed by atoms with E-state index in [0.29, 0.717) is 38.2 Å².